The highest BCUT2D eigenvalue weighted by atomic mass is 16.5. The lowest BCUT2D eigenvalue weighted by molar-refractivity contribution is 0.0951. The van der Waals surface area contributed by atoms with E-state index in [1.165, 1.54) is 6.21 Å². The van der Waals surface area contributed by atoms with Crippen LogP contribution in [-0.2, 0) is 0 Å². The van der Waals surface area contributed by atoms with Crippen LogP contribution in [0, 0.1) is 0 Å². The van der Waals surface area contributed by atoms with Gasteiger partial charge in [0.1, 0.15) is 11.5 Å². The highest BCUT2D eigenvalue weighted by Gasteiger charge is 2.11. The second kappa shape index (κ2) is 8.16. The van der Waals surface area contributed by atoms with E-state index in [1.807, 2.05) is 43.3 Å². The van der Waals surface area contributed by atoms with Crippen molar-refractivity contribution in [1.82, 2.24) is 5.43 Å². The number of ether oxygens (including phenoxy) is 1. The number of rotatable bonds is 6. The van der Waals surface area contributed by atoms with Crippen LogP contribution in [0.2, 0.25) is 0 Å². The van der Waals surface area contributed by atoms with Crippen molar-refractivity contribution in [1.29, 1.82) is 0 Å². The number of para-hydroxylation sites is 1. The maximum Gasteiger partial charge on any atom is 0.275 e. The van der Waals surface area contributed by atoms with Crippen molar-refractivity contribution < 1.29 is 14.6 Å². The molecule has 0 aliphatic carbocycles. The average molecular weight is 348 g/mol. The Morgan fingerprint density at radius 1 is 1.12 bits per heavy atom. The van der Waals surface area contributed by atoms with Crippen LogP contribution in [0.4, 0.5) is 0 Å². The van der Waals surface area contributed by atoms with E-state index in [4.69, 9.17) is 4.74 Å². The van der Waals surface area contributed by atoms with Gasteiger partial charge in [-0.2, -0.15) is 5.10 Å². The van der Waals surface area contributed by atoms with Crippen LogP contribution in [0.3, 0.4) is 0 Å². The normalized spacial score (nSPS) is 11.0. The molecular formula is C21H20N2O3. The van der Waals surface area contributed by atoms with E-state index in [1.54, 1.807) is 24.3 Å². The van der Waals surface area contributed by atoms with Crippen molar-refractivity contribution in [2.24, 2.45) is 5.10 Å². The van der Waals surface area contributed by atoms with Gasteiger partial charge in [-0.05, 0) is 35.4 Å². The monoisotopic (exact) mass is 348 g/mol. The maximum atomic E-state index is 12.4. The van der Waals surface area contributed by atoms with Crippen LogP contribution < -0.4 is 10.2 Å². The summed E-state index contributed by atoms with van der Waals surface area (Å²) in [6, 6.07) is 18.1. The lowest BCUT2D eigenvalue weighted by Gasteiger charge is -2.09. The van der Waals surface area contributed by atoms with Crippen LogP contribution in [0.1, 0.15) is 29.3 Å². The van der Waals surface area contributed by atoms with E-state index in [-0.39, 0.29) is 11.7 Å². The minimum atomic E-state index is -0.368. The molecule has 0 unspecified atom stereocenters. The number of fused-ring (bicyclic) bond motifs is 1. The number of nitrogens with zero attached hydrogens (tertiary/aromatic N) is 1. The molecule has 0 aliphatic heterocycles. The predicted octanol–water partition coefficient (Wildman–Crippen LogP) is 4.10. The van der Waals surface area contributed by atoms with Crippen LogP contribution in [0.5, 0.6) is 11.5 Å². The van der Waals surface area contributed by atoms with Gasteiger partial charge in [-0.3, -0.25) is 4.79 Å². The van der Waals surface area contributed by atoms with Gasteiger partial charge < -0.3 is 9.84 Å². The third-order valence-electron chi connectivity index (χ3n) is 3.90. The second-order valence-corrected chi connectivity index (χ2v) is 5.76. The largest absolute Gasteiger partial charge is 0.507 e. The molecule has 26 heavy (non-hydrogen) atoms. The molecule has 3 rings (SSSR count). The summed E-state index contributed by atoms with van der Waals surface area (Å²) in [4.78, 5) is 12.4. The van der Waals surface area contributed by atoms with E-state index < -0.39 is 0 Å². The molecule has 0 saturated carbocycles. The Bertz CT molecular complexity index is 951. The zero-order chi connectivity index (χ0) is 18.4. The van der Waals surface area contributed by atoms with Gasteiger partial charge >= 0.3 is 0 Å². The van der Waals surface area contributed by atoms with Crippen LogP contribution in [0.25, 0.3) is 10.8 Å². The number of nitrogens with one attached hydrogen (secondary N) is 1. The molecular weight excluding hydrogens is 328 g/mol. The number of hydrazone groups is 1. The van der Waals surface area contributed by atoms with Crippen LogP contribution in [-0.4, -0.2) is 23.8 Å². The summed E-state index contributed by atoms with van der Waals surface area (Å²) < 4.78 is 5.60. The Morgan fingerprint density at radius 2 is 1.88 bits per heavy atom. The zero-order valence-corrected chi connectivity index (χ0v) is 14.5. The number of amides is 1. The quantitative estimate of drug-likeness (QED) is 0.520. The molecule has 0 aromatic heterocycles. The number of hydrogen-bond donors (Lipinski definition) is 2. The molecule has 0 radical (unpaired) electrons. The van der Waals surface area contributed by atoms with Crippen molar-refractivity contribution >= 4 is 22.9 Å². The third kappa shape index (κ3) is 3.83. The number of phenolic OH excluding ortho intramolecular Hbond substituents is 1. The number of aromatic hydroxyl groups is 1. The standard InChI is InChI=1S/C21H20N2O3/c1-2-13-26-20-10-6-5-9-17(20)21(25)23-22-14-18-16-8-4-3-7-15(16)11-12-19(18)24/h3-12,14,24H,2,13H2,1H3,(H,23,25). The summed E-state index contributed by atoms with van der Waals surface area (Å²) >= 11 is 0. The Hall–Kier alpha value is -3.34. The first-order valence-corrected chi connectivity index (χ1v) is 8.46. The number of carbonyl (C=O) groups is 1. The molecule has 0 aliphatic rings. The summed E-state index contributed by atoms with van der Waals surface area (Å²) in [6.45, 7) is 2.54. The summed E-state index contributed by atoms with van der Waals surface area (Å²) in [7, 11) is 0. The summed E-state index contributed by atoms with van der Waals surface area (Å²) in [6.07, 6.45) is 2.31. The van der Waals surface area contributed by atoms with E-state index in [9.17, 15) is 9.90 Å². The molecule has 1 amide bonds. The molecule has 5 nitrogen and oxygen atoms in total. The van der Waals surface area contributed by atoms with Crippen molar-refractivity contribution in [2.75, 3.05) is 6.61 Å². The van der Waals surface area contributed by atoms with Gasteiger partial charge in [0.15, 0.2) is 0 Å². The van der Waals surface area contributed by atoms with Crippen LogP contribution in [0.15, 0.2) is 65.8 Å². The predicted molar refractivity (Wildman–Crippen MR) is 103 cm³/mol. The van der Waals surface area contributed by atoms with Gasteiger partial charge in [-0.25, -0.2) is 5.43 Å². The first kappa shape index (κ1) is 17.5. The van der Waals surface area contributed by atoms with E-state index in [2.05, 4.69) is 10.5 Å². The molecule has 0 heterocycles. The first-order chi connectivity index (χ1) is 12.7. The van der Waals surface area contributed by atoms with Gasteiger partial charge in [0.25, 0.3) is 5.91 Å². The molecule has 0 atom stereocenters. The van der Waals surface area contributed by atoms with Gasteiger partial charge in [0, 0.05) is 5.56 Å². The molecule has 2 N–H and O–H groups in total. The van der Waals surface area contributed by atoms with E-state index >= 15 is 0 Å². The first-order valence-electron chi connectivity index (χ1n) is 8.46. The SMILES string of the molecule is CCCOc1ccccc1C(=O)NN=Cc1c(O)ccc2ccccc12. The van der Waals surface area contributed by atoms with Gasteiger partial charge in [-0.15, -0.1) is 0 Å². The van der Waals surface area contributed by atoms with Gasteiger partial charge in [0.05, 0.1) is 18.4 Å². The average Bonchev–Trinajstić information content (AvgIpc) is 2.68. The zero-order valence-electron chi connectivity index (χ0n) is 14.5. The molecule has 3 aromatic carbocycles. The molecule has 0 bridgehead atoms. The molecule has 5 heteroatoms. The third-order valence-corrected chi connectivity index (χ3v) is 3.90. The fraction of sp³-hybridized carbons (Fsp3) is 0.143. The lowest BCUT2D eigenvalue weighted by atomic mass is 10.0. The number of hydrogen-bond acceptors (Lipinski definition) is 4. The molecule has 0 spiro atoms. The maximum absolute atomic E-state index is 12.4. The van der Waals surface area contributed by atoms with Crippen molar-refractivity contribution in [3.8, 4) is 11.5 Å². The van der Waals surface area contributed by atoms with Crippen LogP contribution >= 0.6 is 0 Å². The minimum Gasteiger partial charge on any atom is -0.507 e. The van der Waals surface area contributed by atoms with Gasteiger partial charge in [-0.1, -0.05) is 49.4 Å². The van der Waals surface area contributed by atoms with Gasteiger partial charge in [0.2, 0.25) is 0 Å². The minimum absolute atomic E-state index is 0.105. The number of carbonyl (C=O) groups excluding carboxylic acids is 1. The summed E-state index contributed by atoms with van der Waals surface area (Å²) in [5.41, 5.74) is 3.47. The Kier molecular flexibility index (Phi) is 5.49. The Labute approximate surface area is 151 Å². The highest BCUT2D eigenvalue weighted by molar-refractivity contribution is 6.03. The van der Waals surface area contributed by atoms with Crippen molar-refractivity contribution in [2.45, 2.75) is 13.3 Å². The van der Waals surface area contributed by atoms with E-state index in [0.717, 1.165) is 17.2 Å². The van der Waals surface area contributed by atoms with Crippen molar-refractivity contribution in [3.05, 3.63) is 71.8 Å². The fourth-order valence-corrected chi connectivity index (χ4v) is 2.63. The number of phenols is 1. The summed E-state index contributed by atoms with van der Waals surface area (Å²) in [5.74, 6) is 0.260. The molecule has 132 valence electrons. The number of benzene rings is 3. The fourth-order valence-electron chi connectivity index (χ4n) is 2.63. The Balaban J connectivity index is 1.80. The lowest BCUT2D eigenvalue weighted by Crippen LogP contribution is -2.18. The molecule has 0 saturated heterocycles. The van der Waals surface area contributed by atoms with Crippen molar-refractivity contribution in [3.63, 3.8) is 0 Å². The summed E-state index contributed by atoms with van der Waals surface area (Å²) in [5, 5.41) is 16.0. The second-order valence-electron chi connectivity index (χ2n) is 5.76. The highest BCUT2D eigenvalue weighted by Crippen LogP contribution is 2.25. The topological polar surface area (TPSA) is 70.9 Å². The molecule has 0 fully saturated rings. The van der Waals surface area contributed by atoms with E-state index in [0.29, 0.717) is 23.5 Å². The smallest absolute Gasteiger partial charge is 0.275 e. The Morgan fingerprint density at radius 3 is 2.73 bits per heavy atom. The molecule has 3 aromatic rings.